The number of para-hydroxylation sites is 1. The molecule has 2 aromatic rings. The lowest BCUT2D eigenvalue weighted by Gasteiger charge is -2.35. The molecule has 1 unspecified atom stereocenters. The van der Waals surface area contributed by atoms with Crippen LogP contribution in [-0.2, 0) is 9.59 Å². The fraction of sp³-hybridized carbons (Fsp3) is 0.304. The number of hydrogen-bond donors (Lipinski definition) is 0. The second-order valence-electron chi connectivity index (χ2n) is 7.39. The smallest absolute Gasteiger partial charge is 0.201 e. The normalized spacial score (nSPS) is 21.9. The molecule has 3 nitrogen and oxygen atoms in total. The van der Waals surface area contributed by atoms with Crippen molar-refractivity contribution in [3.8, 4) is 11.1 Å². The van der Waals surface area contributed by atoms with Crippen molar-refractivity contribution >= 4 is 34.4 Å². The summed E-state index contributed by atoms with van der Waals surface area (Å²) in [6.07, 6.45) is 4.36. The van der Waals surface area contributed by atoms with Gasteiger partial charge < -0.3 is 4.90 Å². The van der Waals surface area contributed by atoms with Crippen molar-refractivity contribution in [1.29, 1.82) is 0 Å². The minimum atomic E-state index is -0.0620. The molecule has 0 N–H and O–H groups in total. The lowest BCUT2D eigenvalue weighted by molar-refractivity contribution is -0.119. The molecule has 0 radical (unpaired) electrons. The van der Waals surface area contributed by atoms with Gasteiger partial charge in [-0.25, -0.2) is 0 Å². The predicted molar refractivity (Wildman–Crippen MR) is 113 cm³/mol. The van der Waals surface area contributed by atoms with Crippen LogP contribution in [0.5, 0.6) is 0 Å². The summed E-state index contributed by atoms with van der Waals surface area (Å²) in [7, 11) is 0. The van der Waals surface area contributed by atoms with E-state index in [0.29, 0.717) is 10.8 Å². The van der Waals surface area contributed by atoms with Crippen molar-refractivity contribution in [2.45, 2.75) is 26.2 Å². The van der Waals surface area contributed by atoms with Crippen LogP contribution in [0.1, 0.15) is 31.7 Å². The number of thioether (sulfide) groups is 1. The Hall–Kier alpha value is -2.33. The zero-order valence-electron chi connectivity index (χ0n) is 15.5. The maximum Gasteiger partial charge on any atom is 0.201 e. The minimum Gasteiger partial charge on any atom is -0.370 e. The van der Waals surface area contributed by atoms with Gasteiger partial charge in [0.25, 0.3) is 0 Å². The second kappa shape index (κ2) is 7.73. The van der Waals surface area contributed by atoms with Gasteiger partial charge in [-0.05, 0) is 47.7 Å². The molecule has 0 bridgehead atoms. The summed E-state index contributed by atoms with van der Waals surface area (Å²) in [4.78, 5) is 26.8. The van der Waals surface area contributed by atoms with Crippen LogP contribution in [-0.4, -0.2) is 24.0 Å². The van der Waals surface area contributed by atoms with Crippen LogP contribution in [0.25, 0.3) is 17.2 Å². The Bertz CT molecular complexity index is 904. The van der Waals surface area contributed by atoms with Gasteiger partial charge in [0.1, 0.15) is 0 Å². The zero-order valence-corrected chi connectivity index (χ0v) is 16.3. The van der Waals surface area contributed by atoms with Gasteiger partial charge in [-0.2, -0.15) is 0 Å². The monoisotopic (exact) mass is 377 g/mol. The van der Waals surface area contributed by atoms with E-state index in [-0.39, 0.29) is 17.3 Å². The maximum absolute atomic E-state index is 12.2. The number of piperidine rings is 1. The molecule has 0 aliphatic carbocycles. The van der Waals surface area contributed by atoms with Crippen molar-refractivity contribution in [2.24, 2.45) is 5.92 Å². The first-order chi connectivity index (χ1) is 13.1. The molecule has 2 aromatic carbocycles. The van der Waals surface area contributed by atoms with Crippen LogP contribution in [0.15, 0.2) is 53.4 Å². The average molecular weight is 378 g/mol. The Balaban J connectivity index is 1.84. The van der Waals surface area contributed by atoms with Crippen molar-refractivity contribution in [1.82, 2.24) is 0 Å². The third-order valence-corrected chi connectivity index (χ3v) is 6.15. The first-order valence-electron chi connectivity index (χ1n) is 9.51. The van der Waals surface area contributed by atoms with Gasteiger partial charge in [-0.1, -0.05) is 55.5 Å². The van der Waals surface area contributed by atoms with E-state index in [1.807, 2.05) is 18.2 Å². The van der Waals surface area contributed by atoms with Crippen LogP contribution in [0.3, 0.4) is 0 Å². The summed E-state index contributed by atoms with van der Waals surface area (Å²) < 4.78 is 0. The molecule has 4 heteroatoms. The van der Waals surface area contributed by atoms with Crippen molar-refractivity contribution in [3.05, 3.63) is 59.0 Å². The van der Waals surface area contributed by atoms with Gasteiger partial charge in [0.2, 0.25) is 5.12 Å². The summed E-state index contributed by atoms with van der Waals surface area (Å²) in [5, 5.41) is -0.0568. The number of benzene rings is 2. The predicted octanol–water partition coefficient (Wildman–Crippen LogP) is 5.16. The number of hydrogen-bond acceptors (Lipinski definition) is 4. The summed E-state index contributed by atoms with van der Waals surface area (Å²) in [5.41, 5.74) is 4.56. The van der Waals surface area contributed by atoms with Crippen LogP contribution in [0, 0.1) is 5.92 Å². The highest BCUT2D eigenvalue weighted by atomic mass is 32.2. The highest BCUT2D eigenvalue weighted by Crippen LogP contribution is 2.39. The highest BCUT2D eigenvalue weighted by molar-refractivity contribution is 8.18. The Morgan fingerprint density at radius 2 is 1.89 bits per heavy atom. The lowest BCUT2D eigenvalue weighted by atomic mass is 9.94. The molecule has 2 aliphatic heterocycles. The molecule has 1 atom stereocenters. The molecule has 0 spiro atoms. The van der Waals surface area contributed by atoms with Crippen molar-refractivity contribution in [2.75, 3.05) is 18.0 Å². The van der Waals surface area contributed by atoms with Crippen LogP contribution >= 0.6 is 11.8 Å². The number of anilines is 1. The Labute approximate surface area is 164 Å². The first-order valence-corrected chi connectivity index (χ1v) is 10.3. The van der Waals surface area contributed by atoms with Crippen LogP contribution < -0.4 is 4.90 Å². The van der Waals surface area contributed by atoms with Gasteiger partial charge in [0.15, 0.2) is 5.78 Å². The summed E-state index contributed by atoms with van der Waals surface area (Å²) in [5.74, 6) is 0.584. The molecule has 138 valence electrons. The highest BCUT2D eigenvalue weighted by Gasteiger charge is 2.27. The fourth-order valence-electron chi connectivity index (χ4n) is 3.96. The van der Waals surface area contributed by atoms with Gasteiger partial charge in [0.05, 0.1) is 17.0 Å². The number of Topliss-reactive ketones (excluding diaryl/α,β-unsaturated/α-hetero) is 1. The van der Waals surface area contributed by atoms with Gasteiger partial charge in [-0.15, -0.1) is 0 Å². The topological polar surface area (TPSA) is 37.4 Å². The molecule has 0 saturated carbocycles. The maximum atomic E-state index is 12.2. The Morgan fingerprint density at radius 1 is 1.07 bits per heavy atom. The van der Waals surface area contributed by atoms with E-state index in [2.05, 4.69) is 48.2 Å². The molecule has 2 saturated heterocycles. The molecule has 0 aromatic heterocycles. The number of allylic oxidation sites excluding steroid dienone is 1. The Morgan fingerprint density at radius 3 is 2.59 bits per heavy atom. The van der Waals surface area contributed by atoms with Gasteiger partial charge in [0, 0.05) is 18.7 Å². The van der Waals surface area contributed by atoms with E-state index >= 15 is 0 Å². The molecular weight excluding hydrogens is 354 g/mol. The van der Waals surface area contributed by atoms with Crippen molar-refractivity contribution < 1.29 is 9.59 Å². The van der Waals surface area contributed by atoms with E-state index < -0.39 is 0 Å². The molecule has 2 heterocycles. The number of nitrogens with zero attached hydrogens (tertiary/aromatic N) is 1. The molecule has 2 aliphatic rings. The standard InChI is InChI=1S/C23H23NO2S/c1-16-7-6-12-24(15-16)23-18(13-21-20(25)14-22(26)27-21)10-5-11-19(23)17-8-3-2-4-9-17/h2-5,8-11,13,16H,6-7,12,14-15H2,1H3/b21-13-. The molecule has 0 amide bonds. The third-order valence-electron chi connectivity index (χ3n) is 5.22. The van der Waals surface area contributed by atoms with E-state index in [4.69, 9.17) is 0 Å². The SMILES string of the molecule is CC1CCCN(c2c(/C=C3\SC(=O)CC3=O)cccc2-c2ccccc2)C1. The second-order valence-corrected chi connectivity index (χ2v) is 8.48. The Kier molecular flexibility index (Phi) is 5.17. The van der Waals surface area contributed by atoms with E-state index in [1.54, 1.807) is 0 Å². The van der Waals surface area contributed by atoms with Crippen LogP contribution in [0.2, 0.25) is 0 Å². The first kappa shape index (κ1) is 18.1. The van der Waals surface area contributed by atoms with E-state index in [9.17, 15) is 9.59 Å². The number of carbonyl (C=O) groups excluding carboxylic acids is 2. The molecule has 4 rings (SSSR count). The minimum absolute atomic E-state index is 0.0188. The number of rotatable bonds is 3. The fourth-order valence-corrected chi connectivity index (χ4v) is 4.78. The number of carbonyl (C=O) groups is 2. The lowest BCUT2D eigenvalue weighted by Crippen LogP contribution is -2.35. The van der Waals surface area contributed by atoms with Gasteiger partial charge in [-0.3, -0.25) is 9.59 Å². The summed E-state index contributed by atoms with van der Waals surface area (Å²) in [6.45, 7) is 4.33. The summed E-state index contributed by atoms with van der Waals surface area (Å²) >= 11 is 1.08. The summed E-state index contributed by atoms with van der Waals surface area (Å²) in [6, 6.07) is 16.6. The van der Waals surface area contributed by atoms with E-state index in [1.165, 1.54) is 29.7 Å². The molecule has 2 fully saturated rings. The van der Waals surface area contributed by atoms with E-state index in [0.717, 1.165) is 30.4 Å². The number of ketones is 1. The molecular formula is C23H23NO2S. The molecule has 27 heavy (non-hydrogen) atoms. The van der Waals surface area contributed by atoms with Crippen LogP contribution in [0.4, 0.5) is 5.69 Å². The van der Waals surface area contributed by atoms with Crippen molar-refractivity contribution in [3.63, 3.8) is 0 Å². The quantitative estimate of drug-likeness (QED) is 0.547. The van der Waals surface area contributed by atoms with Gasteiger partial charge >= 0.3 is 0 Å². The third kappa shape index (κ3) is 3.86. The average Bonchev–Trinajstić information content (AvgIpc) is 2.99. The zero-order chi connectivity index (χ0) is 18.8. The largest absolute Gasteiger partial charge is 0.370 e.